The average Bonchev–Trinajstić information content (AvgIpc) is 2.66. The normalized spacial score (nSPS) is 11.9. The summed E-state index contributed by atoms with van der Waals surface area (Å²) < 4.78 is 5.01. The van der Waals surface area contributed by atoms with Crippen molar-refractivity contribution in [3.63, 3.8) is 0 Å². The Morgan fingerprint density at radius 2 is 2.00 bits per heavy atom. The number of aromatic nitrogens is 2. The largest absolute Gasteiger partial charge is 0.338 e. The molecule has 0 spiro atoms. The molecular weight excluding hydrogens is 226 g/mol. The van der Waals surface area contributed by atoms with Gasteiger partial charge >= 0.3 is 0 Å². The lowest BCUT2D eigenvalue weighted by molar-refractivity contribution is 0.351. The van der Waals surface area contributed by atoms with Crippen LogP contribution in [0.2, 0.25) is 0 Å². The van der Waals surface area contributed by atoms with Crippen molar-refractivity contribution in [3.8, 4) is 0 Å². The summed E-state index contributed by atoms with van der Waals surface area (Å²) in [6.45, 7) is 1.78. The molecular formula is C11H14ClN3O. The summed E-state index contributed by atoms with van der Waals surface area (Å²) in [5.41, 5.74) is 7.11. The van der Waals surface area contributed by atoms with Gasteiger partial charge in [0, 0.05) is 0 Å². The molecule has 2 aromatic rings. The molecule has 0 aliphatic carbocycles. The minimum Gasteiger partial charge on any atom is -0.338 e. The number of hydrogen-bond donors (Lipinski definition) is 1. The third-order valence-corrected chi connectivity index (χ3v) is 2.16. The number of nitrogens with two attached hydrogens (primary N) is 1. The maximum Gasteiger partial charge on any atom is 0.243 e. The summed E-state index contributed by atoms with van der Waals surface area (Å²) in [4.78, 5) is 4.10. The van der Waals surface area contributed by atoms with E-state index in [1.165, 1.54) is 5.56 Å². The first kappa shape index (κ1) is 12.7. The van der Waals surface area contributed by atoms with Crippen LogP contribution in [0.4, 0.5) is 0 Å². The van der Waals surface area contributed by atoms with Gasteiger partial charge in [0.2, 0.25) is 5.89 Å². The molecule has 0 bridgehead atoms. The van der Waals surface area contributed by atoms with Crippen LogP contribution in [-0.2, 0) is 6.42 Å². The Labute approximate surface area is 100 Å². The lowest BCUT2D eigenvalue weighted by Crippen LogP contribution is -2.13. The zero-order valence-electron chi connectivity index (χ0n) is 8.96. The van der Waals surface area contributed by atoms with E-state index >= 15 is 0 Å². The summed E-state index contributed by atoms with van der Waals surface area (Å²) in [7, 11) is 0. The average molecular weight is 240 g/mol. The zero-order chi connectivity index (χ0) is 10.7. The molecule has 0 radical (unpaired) electrons. The van der Waals surface area contributed by atoms with Crippen molar-refractivity contribution in [3.05, 3.63) is 47.6 Å². The molecule has 1 aromatic heterocycles. The maximum atomic E-state index is 5.94. The predicted octanol–water partition coefficient (Wildman–Crippen LogP) is 2.04. The molecule has 2 rings (SSSR count). The van der Waals surface area contributed by atoms with Crippen molar-refractivity contribution in [1.82, 2.24) is 10.1 Å². The highest BCUT2D eigenvalue weighted by atomic mass is 35.5. The smallest absolute Gasteiger partial charge is 0.243 e. The van der Waals surface area contributed by atoms with E-state index in [-0.39, 0.29) is 18.4 Å². The number of halogens is 1. The van der Waals surface area contributed by atoms with Crippen LogP contribution in [0.15, 0.2) is 34.9 Å². The second kappa shape index (κ2) is 5.63. The molecule has 2 N–H and O–H groups in total. The van der Waals surface area contributed by atoms with E-state index in [2.05, 4.69) is 10.1 Å². The maximum absolute atomic E-state index is 5.94. The van der Waals surface area contributed by atoms with Gasteiger partial charge in [-0.1, -0.05) is 35.5 Å². The molecule has 0 unspecified atom stereocenters. The van der Waals surface area contributed by atoms with Crippen molar-refractivity contribution in [2.24, 2.45) is 5.73 Å². The Morgan fingerprint density at radius 1 is 1.31 bits per heavy atom. The number of hydrogen-bond acceptors (Lipinski definition) is 4. The molecule has 0 aliphatic heterocycles. The van der Waals surface area contributed by atoms with Gasteiger partial charge in [0.25, 0.3) is 0 Å². The molecule has 0 saturated carbocycles. The third kappa shape index (κ3) is 3.05. The van der Waals surface area contributed by atoms with Crippen LogP contribution in [-0.4, -0.2) is 10.1 Å². The molecule has 4 nitrogen and oxygen atoms in total. The minimum absolute atomic E-state index is 0. The van der Waals surface area contributed by atoms with E-state index in [0.717, 1.165) is 0 Å². The lowest BCUT2D eigenvalue weighted by Gasteiger charge is -2.05. The number of benzene rings is 1. The van der Waals surface area contributed by atoms with Gasteiger partial charge in [-0.25, -0.2) is 0 Å². The van der Waals surface area contributed by atoms with Crippen LogP contribution in [0.25, 0.3) is 0 Å². The monoisotopic (exact) mass is 239 g/mol. The van der Waals surface area contributed by atoms with E-state index in [1.54, 1.807) is 6.92 Å². The molecule has 1 aromatic carbocycles. The van der Waals surface area contributed by atoms with E-state index < -0.39 is 0 Å². The molecule has 0 aliphatic rings. The fourth-order valence-corrected chi connectivity index (χ4v) is 1.42. The number of rotatable bonds is 3. The Hall–Kier alpha value is -1.39. The van der Waals surface area contributed by atoms with Gasteiger partial charge in [-0.3, -0.25) is 0 Å². The van der Waals surface area contributed by atoms with Crippen LogP contribution >= 0.6 is 12.4 Å². The highest BCUT2D eigenvalue weighted by molar-refractivity contribution is 5.85. The fourth-order valence-electron chi connectivity index (χ4n) is 1.42. The van der Waals surface area contributed by atoms with Crippen LogP contribution in [0, 0.1) is 6.92 Å². The Balaban J connectivity index is 0.00000128. The third-order valence-electron chi connectivity index (χ3n) is 2.16. The van der Waals surface area contributed by atoms with Gasteiger partial charge in [0.05, 0.1) is 6.04 Å². The second-order valence-corrected chi connectivity index (χ2v) is 3.48. The molecule has 86 valence electrons. The highest BCUT2D eigenvalue weighted by Gasteiger charge is 2.13. The van der Waals surface area contributed by atoms with Gasteiger partial charge in [0.1, 0.15) is 0 Å². The Kier molecular flexibility index (Phi) is 4.46. The summed E-state index contributed by atoms with van der Waals surface area (Å²) >= 11 is 0. The summed E-state index contributed by atoms with van der Waals surface area (Å²) in [5.74, 6) is 1.12. The van der Waals surface area contributed by atoms with Gasteiger partial charge < -0.3 is 10.3 Å². The van der Waals surface area contributed by atoms with Gasteiger partial charge in [0.15, 0.2) is 5.82 Å². The van der Waals surface area contributed by atoms with Gasteiger partial charge in [-0.2, -0.15) is 4.98 Å². The topological polar surface area (TPSA) is 64.9 Å². The fraction of sp³-hybridized carbons (Fsp3) is 0.273. The summed E-state index contributed by atoms with van der Waals surface area (Å²) in [6, 6.07) is 9.79. The number of nitrogens with zero attached hydrogens (tertiary/aromatic N) is 2. The molecule has 0 amide bonds. The molecule has 5 heteroatoms. The first-order valence-electron chi connectivity index (χ1n) is 4.85. The molecule has 16 heavy (non-hydrogen) atoms. The van der Waals surface area contributed by atoms with Crippen LogP contribution in [0.5, 0.6) is 0 Å². The van der Waals surface area contributed by atoms with Crippen molar-refractivity contribution in [2.75, 3.05) is 0 Å². The molecule has 0 fully saturated rings. The van der Waals surface area contributed by atoms with Crippen molar-refractivity contribution in [2.45, 2.75) is 19.4 Å². The van der Waals surface area contributed by atoms with Crippen molar-refractivity contribution >= 4 is 12.4 Å². The van der Waals surface area contributed by atoms with Gasteiger partial charge in [-0.05, 0) is 18.9 Å². The van der Waals surface area contributed by atoms with Crippen molar-refractivity contribution in [1.29, 1.82) is 0 Å². The predicted molar refractivity (Wildman–Crippen MR) is 63.4 cm³/mol. The Bertz CT molecular complexity index is 430. The van der Waals surface area contributed by atoms with Crippen molar-refractivity contribution < 1.29 is 4.52 Å². The molecule has 0 saturated heterocycles. The van der Waals surface area contributed by atoms with Crippen LogP contribution < -0.4 is 5.73 Å². The minimum atomic E-state index is -0.228. The van der Waals surface area contributed by atoms with E-state index in [0.29, 0.717) is 18.1 Å². The number of aryl methyl sites for hydroxylation is 1. The molecule has 1 atom stereocenters. The quantitative estimate of drug-likeness (QED) is 0.890. The standard InChI is InChI=1S/C11H13N3O.ClH/c1-8-13-11(15-14-8)10(12)7-9-5-3-2-4-6-9;/h2-6,10H,7,12H2,1H3;1H/t10-;/m0./s1. The Morgan fingerprint density at radius 3 is 2.56 bits per heavy atom. The first-order valence-corrected chi connectivity index (χ1v) is 4.85. The lowest BCUT2D eigenvalue weighted by atomic mass is 10.1. The summed E-state index contributed by atoms with van der Waals surface area (Å²) in [5, 5.41) is 3.71. The second-order valence-electron chi connectivity index (χ2n) is 3.48. The van der Waals surface area contributed by atoms with E-state index in [1.807, 2.05) is 30.3 Å². The van der Waals surface area contributed by atoms with Gasteiger partial charge in [-0.15, -0.1) is 12.4 Å². The highest BCUT2D eigenvalue weighted by Crippen LogP contribution is 2.13. The van der Waals surface area contributed by atoms with Crippen LogP contribution in [0.3, 0.4) is 0 Å². The first-order chi connectivity index (χ1) is 7.25. The van der Waals surface area contributed by atoms with Crippen LogP contribution in [0.1, 0.15) is 23.3 Å². The van der Waals surface area contributed by atoms with E-state index in [9.17, 15) is 0 Å². The molecule has 1 heterocycles. The SMILES string of the molecule is Cc1noc([C@@H](N)Cc2ccccc2)n1.Cl. The van der Waals surface area contributed by atoms with E-state index in [4.69, 9.17) is 10.3 Å². The summed E-state index contributed by atoms with van der Waals surface area (Å²) in [6.07, 6.45) is 0.711. The zero-order valence-corrected chi connectivity index (χ0v) is 9.78.